The summed E-state index contributed by atoms with van der Waals surface area (Å²) in [6, 6.07) is 7.94. The first-order valence-corrected chi connectivity index (χ1v) is 10.6. The molecule has 1 aromatic carbocycles. The van der Waals surface area contributed by atoms with Gasteiger partial charge < -0.3 is 4.90 Å². The number of fused-ring (bicyclic) bond motifs is 1. The van der Waals surface area contributed by atoms with Crippen molar-refractivity contribution >= 4 is 16.8 Å². The third-order valence-electron chi connectivity index (χ3n) is 6.15. The highest BCUT2D eigenvalue weighted by Gasteiger charge is 2.26. The van der Waals surface area contributed by atoms with Gasteiger partial charge in [0.15, 0.2) is 0 Å². The Bertz CT molecular complexity index is 866. The average molecular weight is 383 g/mol. The van der Waals surface area contributed by atoms with Crippen LogP contribution in [-0.4, -0.2) is 62.9 Å². The van der Waals surface area contributed by atoms with Gasteiger partial charge >= 0.3 is 0 Å². The second-order valence-electron chi connectivity index (χ2n) is 7.95. The van der Waals surface area contributed by atoms with Gasteiger partial charge in [-0.05, 0) is 31.4 Å². The quantitative estimate of drug-likeness (QED) is 0.790. The molecule has 1 amide bonds. The van der Waals surface area contributed by atoms with Crippen LogP contribution in [0.5, 0.6) is 0 Å². The van der Waals surface area contributed by atoms with Crippen LogP contribution in [0.2, 0.25) is 0 Å². The standard InChI is InChI=1S/C21H29N5O2/c27-20(25-15-13-24(14-16-25)17-7-2-1-3-8-17)11-6-12-26-21(28)18-9-4-5-10-19(18)22-23-26/h4-5,9-10,17H,1-3,6-8,11-16H2. The molecule has 4 rings (SSSR count). The molecule has 0 radical (unpaired) electrons. The largest absolute Gasteiger partial charge is 0.340 e. The monoisotopic (exact) mass is 383 g/mol. The van der Waals surface area contributed by atoms with E-state index in [0.29, 0.717) is 30.3 Å². The predicted octanol–water partition coefficient (Wildman–Crippen LogP) is 2.05. The minimum atomic E-state index is -0.140. The van der Waals surface area contributed by atoms with Gasteiger partial charge in [0.05, 0.1) is 5.39 Å². The summed E-state index contributed by atoms with van der Waals surface area (Å²) < 4.78 is 1.37. The highest BCUT2D eigenvalue weighted by Crippen LogP contribution is 2.23. The predicted molar refractivity (Wildman–Crippen MR) is 108 cm³/mol. The van der Waals surface area contributed by atoms with Crippen LogP contribution in [0.4, 0.5) is 0 Å². The number of hydrogen-bond donors (Lipinski definition) is 0. The summed E-state index contributed by atoms with van der Waals surface area (Å²) in [6.07, 6.45) is 7.76. The van der Waals surface area contributed by atoms with Crippen LogP contribution in [0.25, 0.3) is 10.9 Å². The van der Waals surface area contributed by atoms with E-state index < -0.39 is 0 Å². The Morgan fingerprint density at radius 1 is 1.04 bits per heavy atom. The van der Waals surface area contributed by atoms with Crippen LogP contribution in [0.3, 0.4) is 0 Å². The molecule has 1 aliphatic heterocycles. The Morgan fingerprint density at radius 3 is 2.57 bits per heavy atom. The summed E-state index contributed by atoms with van der Waals surface area (Å²) in [5, 5.41) is 8.67. The van der Waals surface area contributed by atoms with E-state index in [1.54, 1.807) is 12.1 Å². The summed E-state index contributed by atoms with van der Waals surface area (Å²) in [6.45, 7) is 4.05. The van der Waals surface area contributed by atoms with E-state index in [1.807, 2.05) is 17.0 Å². The molecular weight excluding hydrogens is 354 g/mol. The van der Waals surface area contributed by atoms with Gasteiger partial charge in [-0.15, -0.1) is 5.10 Å². The number of piperazine rings is 1. The van der Waals surface area contributed by atoms with E-state index >= 15 is 0 Å². The molecule has 2 aromatic rings. The van der Waals surface area contributed by atoms with Gasteiger partial charge in [0.25, 0.3) is 5.56 Å². The first kappa shape index (κ1) is 19.1. The van der Waals surface area contributed by atoms with Crippen molar-refractivity contribution in [2.24, 2.45) is 0 Å². The molecule has 2 fully saturated rings. The number of hydrogen-bond acceptors (Lipinski definition) is 5. The maximum atomic E-state index is 12.6. The second-order valence-corrected chi connectivity index (χ2v) is 7.95. The Hall–Kier alpha value is -2.28. The molecule has 0 unspecified atom stereocenters. The molecular formula is C21H29N5O2. The van der Waals surface area contributed by atoms with E-state index in [9.17, 15) is 9.59 Å². The fourth-order valence-electron chi connectivity index (χ4n) is 4.49. The van der Waals surface area contributed by atoms with E-state index in [4.69, 9.17) is 0 Å². The Labute approximate surface area is 165 Å². The molecule has 0 atom stereocenters. The van der Waals surface area contributed by atoms with Crippen molar-refractivity contribution in [1.29, 1.82) is 0 Å². The molecule has 2 aliphatic rings. The van der Waals surface area contributed by atoms with E-state index in [-0.39, 0.29) is 11.5 Å². The van der Waals surface area contributed by atoms with Crippen molar-refractivity contribution in [3.05, 3.63) is 34.6 Å². The van der Waals surface area contributed by atoms with Crippen molar-refractivity contribution in [3.63, 3.8) is 0 Å². The molecule has 0 N–H and O–H groups in total. The maximum absolute atomic E-state index is 12.6. The number of aryl methyl sites for hydroxylation is 1. The Kier molecular flexibility index (Phi) is 6.00. The average Bonchev–Trinajstić information content (AvgIpc) is 2.76. The van der Waals surface area contributed by atoms with Gasteiger partial charge in [-0.2, -0.15) is 0 Å². The summed E-state index contributed by atoms with van der Waals surface area (Å²) >= 11 is 0. The van der Waals surface area contributed by atoms with Gasteiger partial charge in [-0.1, -0.05) is 36.6 Å². The molecule has 2 heterocycles. The Morgan fingerprint density at radius 2 is 1.79 bits per heavy atom. The Balaban J connectivity index is 1.25. The van der Waals surface area contributed by atoms with Crippen LogP contribution in [0, 0.1) is 0 Å². The van der Waals surface area contributed by atoms with Gasteiger partial charge in [0.1, 0.15) is 5.52 Å². The van der Waals surface area contributed by atoms with Gasteiger partial charge in [0.2, 0.25) is 5.91 Å². The number of rotatable bonds is 5. The van der Waals surface area contributed by atoms with Crippen LogP contribution < -0.4 is 5.56 Å². The number of nitrogens with zero attached hydrogens (tertiary/aromatic N) is 5. The highest BCUT2D eigenvalue weighted by atomic mass is 16.2. The third-order valence-corrected chi connectivity index (χ3v) is 6.15. The van der Waals surface area contributed by atoms with Crippen molar-refractivity contribution < 1.29 is 4.79 Å². The fourth-order valence-corrected chi connectivity index (χ4v) is 4.49. The third kappa shape index (κ3) is 4.24. The molecule has 0 spiro atoms. The summed E-state index contributed by atoms with van der Waals surface area (Å²) in [5.74, 6) is 0.185. The molecule has 7 heteroatoms. The van der Waals surface area contributed by atoms with Crippen LogP contribution in [0.15, 0.2) is 29.1 Å². The maximum Gasteiger partial charge on any atom is 0.277 e. The molecule has 7 nitrogen and oxygen atoms in total. The zero-order valence-corrected chi connectivity index (χ0v) is 16.4. The molecule has 0 bridgehead atoms. The fraction of sp³-hybridized carbons (Fsp3) is 0.619. The smallest absolute Gasteiger partial charge is 0.277 e. The first-order chi connectivity index (χ1) is 13.7. The lowest BCUT2D eigenvalue weighted by molar-refractivity contribution is -0.133. The van der Waals surface area contributed by atoms with E-state index in [1.165, 1.54) is 36.8 Å². The van der Waals surface area contributed by atoms with Gasteiger partial charge in [0, 0.05) is 45.2 Å². The summed E-state index contributed by atoms with van der Waals surface area (Å²) in [4.78, 5) is 29.6. The van der Waals surface area contributed by atoms with Crippen molar-refractivity contribution in [1.82, 2.24) is 24.8 Å². The van der Waals surface area contributed by atoms with Crippen molar-refractivity contribution in [2.45, 2.75) is 57.5 Å². The van der Waals surface area contributed by atoms with Gasteiger partial charge in [-0.3, -0.25) is 14.5 Å². The zero-order chi connectivity index (χ0) is 19.3. The van der Waals surface area contributed by atoms with Crippen molar-refractivity contribution in [2.75, 3.05) is 26.2 Å². The number of aromatic nitrogens is 3. The second kappa shape index (κ2) is 8.82. The molecule has 1 aromatic heterocycles. The van der Waals surface area contributed by atoms with Crippen LogP contribution in [0.1, 0.15) is 44.9 Å². The molecule has 1 saturated carbocycles. The topological polar surface area (TPSA) is 71.3 Å². The first-order valence-electron chi connectivity index (χ1n) is 10.6. The SMILES string of the molecule is O=C(CCCn1nnc2ccccc2c1=O)N1CCN(C2CCCCC2)CC1. The zero-order valence-electron chi connectivity index (χ0n) is 16.4. The minimum absolute atomic E-state index is 0.140. The van der Waals surface area contributed by atoms with Crippen LogP contribution >= 0.6 is 0 Å². The molecule has 28 heavy (non-hydrogen) atoms. The number of carbonyl (C=O) groups is 1. The number of amides is 1. The normalized spacial score (nSPS) is 19.2. The molecule has 1 saturated heterocycles. The highest BCUT2D eigenvalue weighted by molar-refractivity contribution is 5.77. The number of benzene rings is 1. The van der Waals surface area contributed by atoms with E-state index in [0.717, 1.165) is 32.2 Å². The van der Waals surface area contributed by atoms with Crippen molar-refractivity contribution in [3.8, 4) is 0 Å². The lowest BCUT2D eigenvalue weighted by Gasteiger charge is -2.40. The van der Waals surface area contributed by atoms with Gasteiger partial charge in [-0.25, -0.2) is 4.68 Å². The molecule has 1 aliphatic carbocycles. The van der Waals surface area contributed by atoms with E-state index in [2.05, 4.69) is 15.2 Å². The molecule has 150 valence electrons. The number of carbonyl (C=O) groups excluding carboxylic acids is 1. The summed E-state index contributed by atoms with van der Waals surface area (Å²) in [7, 11) is 0. The van der Waals surface area contributed by atoms with Crippen LogP contribution in [-0.2, 0) is 11.3 Å². The summed E-state index contributed by atoms with van der Waals surface area (Å²) in [5.41, 5.74) is 0.467. The minimum Gasteiger partial charge on any atom is -0.340 e. The lowest BCUT2D eigenvalue weighted by Crippen LogP contribution is -2.52. The lowest BCUT2D eigenvalue weighted by atomic mass is 9.94.